The molecule has 0 radical (unpaired) electrons. The van der Waals surface area contributed by atoms with Crippen LogP contribution in [0.15, 0.2) is 35.3 Å². The molecule has 1 aliphatic heterocycles. The molecule has 6 rings (SSSR count). The molecule has 13 heteroatoms. The van der Waals surface area contributed by atoms with Crippen molar-refractivity contribution in [1.82, 2.24) is 39.6 Å². The van der Waals surface area contributed by atoms with Crippen LogP contribution in [-0.2, 0) is 16.1 Å². The molecule has 40 heavy (non-hydrogen) atoms. The Kier molecular flexibility index (Phi) is 6.21. The number of anilines is 1. The zero-order chi connectivity index (χ0) is 28.3. The van der Waals surface area contributed by atoms with Gasteiger partial charge in [0.05, 0.1) is 11.9 Å². The summed E-state index contributed by atoms with van der Waals surface area (Å²) in [6.45, 7) is 6.94. The summed E-state index contributed by atoms with van der Waals surface area (Å²) in [5, 5.41) is 7.31. The van der Waals surface area contributed by atoms with E-state index in [4.69, 9.17) is 0 Å². The first kappa shape index (κ1) is 26.1. The summed E-state index contributed by atoms with van der Waals surface area (Å²) in [5.41, 5.74) is 2.56. The molecule has 204 valence electrons. The van der Waals surface area contributed by atoms with Gasteiger partial charge in [-0.2, -0.15) is 5.10 Å². The fraction of sp³-hybridized carbons (Fsp3) is 0.370. The van der Waals surface area contributed by atoms with E-state index in [-0.39, 0.29) is 41.3 Å². The number of fused-ring (bicyclic) bond motifs is 2. The van der Waals surface area contributed by atoms with Gasteiger partial charge in [-0.3, -0.25) is 14.4 Å². The van der Waals surface area contributed by atoms with Gasteiger partial charge in [0.25, 0.3) is 0 Å². The highest BCUT2D eigenvalue weighted by Crippen LogP contribution is 2.59. The van der Waals surface area contributed by atoms with Crippen LogP contribution in [0.25, 0.3) is 22.4 Å². The second-order valence-corrected chi connectivity index (χ2v) is 11.5. The molecule has 0 bridgehead atoms. The average Bonchev–Trinajstić information content (AvgIpc) is 3.28. The maximum Gasteiger partial charge on any atom is 0.248 e. The van der Waals surface area contributed by atoms with Crippen molar-refractivity contribution >= 4 is 50.5 Å². The van der Waals surface area contributed by atoms with Crippen LogP contribution in [0, 0.1) is 19.3 Å². The van der Waals surface area contributed by atoms with Crippen molar-refractivity contribution < 1.29 is 14.4 Å². The molecule has 4 aromatic heterocycles. The first-order chi connectivity index (χ1) is 19.0. The molecular formula is C27H26BrN9O3. The van der Waals surface area contributed by atoms with Crippen molar-refractivity contribution in [2.24, 2.45) is 5.41 Å². The summed E-state index contributed by atoms with van der Waals surface area (Å²) in [7, 11) is 0. The van der Waals surface area contributed by atoms with Gasteiger partial charge in [-0.25, -0.2) is 29.6 Å². The number of Topliss-reactive ketones (excluding diaryl/α,β-unsaturated/α-hetero) is 1. The monoisotopic (exact) mass is 603 g/mol. The predicted molar refractivity (Wildman–Crippen MR) is 148 cm³/mol. The van der Waals surface area contributed by atoms with Crippen molar-refractivity contribution in [3.8, 4) is 11.3 Å². The third-order valence-corrected chi connectivity index (χ3v) is 8.11. The standard InChI is InChI=1S/C27H26BrN9O3/c1-13-5-6-20(28)33-24(13)34-26(40)18-7-27(4)8-19(27)37(18)21(39)12-36-25-23(22(35-36)14(2)38)32-17(11-31-25)16-9-29-15(3)30-10-16/h5-6,9-11,18-19H,7-8,12H2,1-4H3,(H,33,34,40)/t18-,19+,27-/m0/s1. The average molecular weight is 604 g/mol. The van der Waals surface area contributed by atoms with E-state index in [1.165, 1.54) is 11.6 Å². The molecule has 2 fully saturated rings. The molecule has 0 spiro atoms. The number of likely N-dealkylation sites (tertiary alicyclic amines) is 1. The molecule has 0 aromatic carbocycles. The van der Waals surface area contributed by atoms with Crippen LogP contribution < -0.4 is 5.32 Å². The molecule has 12 nitrogen and oxygen atoms in total. The maximum absolute atomic E-state index is 13.7. The van der Waals surface area contributed by atoms with E-state index < -0.39 is 6.04 Å². The first-order valence-electron chi connectivity index (χ1n) is 12.8. The minimum atomic E-state index is -0.648. The number of amides is 2. The Morgan fingerprint density at radius 3 is 2.55 bits per heavy atom. The number of ketones is 1. The lowest BCUT2D eigenvalue weighted by molar-refractivity contribution is -0.138. The van der Waals surface area contributed by atoms with Crippen molar-refractivity contribution in [1.29, 1.82) is 0 Å². The highest BCUT2D eigenvalue weighted by atomic mass is 79.9. The number of pyridine rings is 1. The number of hydrogen-bond donors (Lipinski definition) is 1. The minimum Gasteiger partial charge on any atom is -0.325 e. The molecule has 1 aliphatic carbocycles. The van der Waals surface area contributed by atoms with Crippen LogP contribution in [0.1, 0.15) is 48.6 Å². The quantitative estimate of drug-likeness (QED) is 0.259. The van der Waals surface area contributed by atoms with Gasteiger partial charge in [0.15, 0.2) is 17.1 Å². The summed E-state index contributed by atoms with van der Waals surface area (Å²) < 4.78 is 2.00. The minimum absolute atomic E-state index is 0.0411. The van der Waals surface area contributed by atoms with Gasteiger partial charge in [0.2, 0.25) is 11.8 Å². The summed E-state index contributed by atoms with van der Waals surface area (Å²) >= 11 is 3.34. The van der Waals surface area contributed by atoms with E-state index in [0.717, 1.165) is 12.0 Å². The van der Waals surface area contributed by atoms with E-state index in [1.807, 2.05) is 13.0 Å². The second-order valence-electron chi connectivity index (χ2n) is 10.7. The van der Waals surface area contributed by atoms with E-state index in [0.29, 0.717) is 45.1 Å². The van der Waals surface area contributed by atoms with Gasteiger partial charge >= 0.3 is 0 Å². The molecule has 3 atom stereocenters. The summed E-state index contributed by atoms with van der Waals surface area (Å²) in [6.07, 6.45) is 6.20. The van der Waals surface area contributed by atoms with Crippen LogP contribution in [0.3, 0.4) is 0 Å². The lowest BCUT2D eigenvalue weighted by atomic mass is 10.0. The maximum atomic E-state index is 13.7. The first-order valence-corrected chi connectivity index (χ1v) is 13.6. The molecule has 1 saturated carbocycles. The van der Waals surface area contributed by atoms with Gasteiger partial charge < -0.3 is 10.2 Å². The highest BCUT2D eigenvalue weighted by Gasteiger charge is 2.64. The van der Waals surface area contributed by atoms with Crippen LogP contribution in [0.4, 0.5) is 5.82 Å². The van der Waals surface area contributed by atoms with Gasteiger partial charge in [-0.05, 0) is 59.7 Å². The lowest BCUT2D eigenvalue weighted by Crippen LogP contribution is -2.47. The van der Waals surface area contributed by atoms with E-state index in [2.05, 4.69) is 58.2 Å². The third kappa shape index (κ3) is 4.53. The number of nitrogens with zero attached hydrogens (tertiary/aromatic N) is 8. The highest BCUT2D eigenvalue weighted by molar-refractivity contribution is 9.10. The van der Waals surface area contributed by atoms with Crippen LogP contribution in [0.2, 0.25) is 0 Å². The molecule has 2 amide bonds. The largest absolute Gasteiger partial charge is 0.325 e. The zero-order valence-electron chi connectivity index (χ0n) is 22.3. The Hall–Kier alpha value is -4.13. The smallest absolute Gasteiger partial charge is 0.248 e. The Morgan fingerprint density at radius 1 is 1.07 bits per heavy atom. The molecule has 0 unspecified atom stereocenters. The Bertz CT molecular complexity index is 1700. The molecular weight excluding hydrogens is 578 g/mol. The lowest BCUT2D eigenvalue weighted by Gasteiger charge is -2.27. The van der Waals surface area contributed by atoms with E-state index in [1.54, 1.807) is 36.5 Å². The number of piperidine rings is 1. The molecule has 4 aromatic rings. The normalized spacial score (nSPS) is 21.4. The van der Waals surface area contributed by atoms with E-state index >= 15 is 0 Å². The fourth-order valence-corrected chi connectivity index (χ4v) is 5.67. The number of hydrogen-bond acceptors (Lipinski definition) is 9. The molecule has 2 aliphatic rings. The van der Waals surface area contributed by atoms with Crippen molar-refractivity contribution in [2.75, 3.05) is 5.32 Å². The third-order valence-electron chi connectivity index (χ3n) is 7.67. The number of halogens is 1. The topological polar surface area (TPSA) is 149 Å². The van der Waals surface area contributed by atoms with Crippen molar-refractivity contribution in [3.63, 3.8) is 0 Å². The van der Waals surface area contributed by atoms with Gasteiger partial charge in [0, 0.05) is 30.9 Å². The summed E-state index contributed by atoms with van der Waals surface area (Å²) in [5.74, 6) is 0.217. The number of carbonyl (C=O) groups excluding carboxylic acids is 3. The van der Waals surface area contributed by atoms with Crippen molar-refractivity contribution in [2.45, 2.75) is 59.2 Å². The van der Waals surface area contributed by atoms with E-state index in [9.17, 15) is 14.4 Å². The number of aromatic nitrogens is 7. The van der Waals surface area contributed by atoms with Crippen LogP contribution in [0.5, 0.6) is 0 Å². The number of carbonyl (C=O) groups is 3. The van der Waals surface area contributed by atoms with Crippen LogP contribution >= 0.6 is 15.9 Å². The fourth-order valence-electron chi connectivity index (χ4n) is 5.36. The van der Waals surface area contributed by atoms with Crippen molar-refractivity contribution in [3.05, 3.63) is 52.4 Å². The number of rotatable bonds is 6. The zero-order valence-corrected chi connectivity index (χ0v) is 23.9. The molecule has 1 N–H and O–H groups in total. The molecule has 5 heterocycles. The number of nitrogens with one attached hydrogen (secondary N) is 1. The predicted octanol–water partition coefficient (Wildman–Crippen LogP) is 3.28. The molecule has 1 saturated heterocycles. The van der Waals surface area contributed by atoms with Crippen LogP contribution in [-0.4, -0.2) is 69.3 Å². The number of aryl methyl sites for hydroxylation is 2. The Labute approximate surface area is 237 Å². The van der Waals surface area contributed by atoms with Gasteiger partial charge in [-0.1, -0.05) is 13.0 Å². The Balaban J connectivity index is 1.29. The van der Waals surface area contributed by atoms with Gasteiger partial charge in [-0.15, -0.1) is 0 Å². The summed E-state index contributed by atoms with van der Waals surface area (Å²) in [4.78, 5) is 63.1. The SMILES string of the molecule is CC(=O)c1nn(CC(=O)N2[C@H](C(=O)Nc3nc(Br)ccc3C)C[C@@]3(C)C[C@@H]23)c2ncc(-c3cnc(C)nc3)nc12. The Morgan fingerprint density at radius 2 is 1.82 bits per heavy atom. The second kappa shape index (κ2) is 9.51. The summed E-state index contributed by atoms with van der Waals surface area (Å²) in [6, 6.07) is 2.97. The van der Waals surface area contributed by atoms with Gasteiger partial charge in [0.1, 0.15) is 34.3 Å².